The Morgan fingerprint density at radius 1 is 0.880 bits per heavy atom. The molecule has 0 aliphatic heterocycles. The molecule has 0 fully saturated rings. The molecule has 0 aromatic rings. The van der Waals surface area contributed by atoms with Gasteiger partial charge in [-0.05, 0) is 20.8 Å². The lowest BCUT2D eigenvalue weighted by Crippen LogP contribution is -2.36. The fraction of sp³-hybridized carbons (Fsp3) is 0.765. The minimum Gasteiger partial charge on any atom is -0.444 e. The summed E-state index contributed by atoms with van der Waals surface area (Å²) in [7, 11) is 0. The van der Waals surface area contributed by atoms with Crippen LogP contribution >= 0.6 is 0 Å². The number of amides is 2. The average Bonchev–Trinajstić information content (AvgIpc) is 2.49. The molecule has 0 spiro atoms. The first-order chi connectivity index (χ1) is 11.8. The van der Waals surface area contributed by atoms with Crippen molar-refractivity contribution in [1.82, 2.24) is 5.32 Å². The van der Waals surface area contributed by atoms with Crippen molar-refractivity contribution in [3.05, 3.63) is 0 Å². The Morgan fingerprint density at radius 3 is 1.84 bits per heavy atom. The second-order valence-electron chi connectivity index (χ2n) is 5.89. The van der Waals surface area contributed by atoms with E-state index in [1.807, 2.05) is 0 Å². The summed E-state index contributed by atoms with van der Waals surface area (Å²) in [5, 5.41) is 2.13. The molecule has 0 aliphatic carbocycles. The number of hydrogen-bond acceptors (Lipinski definition) is 7. The standard InChI is InChI=1S/C17H29NO7/c1-5-7-21-9-11-23-13-14-24-12-10-22-8-6-15(19)18-16(20)25-17(2,3)4/h1H,6-14H2,2-4H3,(H,18,19,20). The summed E-state index contributed by atoms with van der Waals surface area (Å²) in [6.45, 7) is 8.21. The Balaban J connectivity index is 3.34. The van der Waals surface area contributed by atoms with Gasteiger partial charge in [0.1, 0.15) is 12.2 Å². The van der Waals surface area contributed by atoms with Crippen LogP contribution in [0, 0.1) is 12.3 Å². The first-order valence-electron chi connectivity index (χ1n) is 8.12. The van der Waals surface area contributed by atoms with Crippen molar-refractivity contribution in [2.75, 3.05) is 52.9 Å². The Kier molecular flexibility index (Phi) is 13.7. The Bertz CT molecular complexity index is 412. The topological polar surface area (TPSA) is 92.3 Å². The van der Waals surface area contributed by atoms with E-state index in [1.165, 1.54) is 0 Å². The Labute approximate surface area is 149 Å². The molecule has 0 rings (SSSR count). The maximum atomic E-state index is 11.5. The predicted octanol–water partition coefficient (Wildman–Crippen LogP) is 1.13. The van der Waals surface area contributed by atoms with Gasteiger partial charge in [-0.15, -0.1) is 6.42 Å². The SMILES string of the molecule is C#CCOCCOCCOCCOCCC(=O)NC(=O)OC(C)(C)C. The van der Waals surface area contributed by atoms with Crippen LogP contribution in [0.3, 0.4) is 0 Å². The van der Waals surface area contributed by atoms with Gasteiger partial charge in [0.05, 0.1) is 52.7 Å². The molecule has 0 atom stereocenters. The average molecular weight is 359 g/mol. The van der Waals surface area contributed by atoms with Crippen LogP contribution in [0.4, 0.5) is 4.79 Å². The maximum Gasteiger partial charge on any atom is 0.414 e. The molecule has 0 unspecified atom stereocenters. The van der Waals surface area contributed by atoms with Gasteiger partial charge >= 0.3 is 6.09 Å². The van der Waals surface area contributed by atoms with E-state index >= 15 is 0 Å². The molecule has 25 heavy (non-hydrogen) atoms. The fourth-order valence-corrected chi connectivity index (χ4v) is 1.44. The molecule has 0 radical (unpaired) electrons. The highest BCUT2D eigenvalue weighted by molar-refractivity contribution is 5.91. The monoisotopic (exact) mass is 359 g/mol. The normalized spacial score (nSPS) is 11.0. The largest absolute Gasteiger partial charge is 0.444 e. The van der Waals surface area contributed by atoms with Gasteiger partial charge in [-0.2, -0.15) is 0 Å². The summed E-state index contributed by atoms with van der Waals surface area (Å²) in [5.41, 5.74) is -0.642. The molecule has 0 aromatic heterocycles. The van der Waals surface area contributed by atoms with Crippen molar-refractivity contribution >= 4 is 12.0 Å². The highest BCUT2D eigenvalue weighted by atomic mass is 16.6. The zero-order valence-electron chi connectivity index (χ0n) is 15.3. The van der Waals surface area contributed by atoms with Gasteiger partial charge in [0, 0.05) is 0 Å². The summed E-state index contributed by atoms with van der Waals surface area (Å²) in [5.74, 6) is 1.92. The number of hydrogen-bond donors (Lipinski definition) is 1. The lowest BCUT2D eigenvalue weighted by molar-refractivity contribution is -0.121. The highest BCUT2D eigenvalue weighted by Crippen LogP contribution is 2.06. The van der Waals surface area contributed by atoms with Crippen LogP contribution in [0.1, 0.15) is 27.2 Å². The summed E-state index contributed by atoms with van der Waals surface area (Å²) < 4.78 is 25.8. The van der Waals surface area contributed by atoms with E-state index in [0.29, 0.717) is 39.6 Å². The van der Waals surface area contributed by atoms with Gasteiger partial charge in [-0.1, -0.05) is 5.92 Å². The number of carbonyl (C=O) groups excluding carboxylic acids is 2. The van der Waals surface area contributed by atoms with Gasteiger partial charge in [-0.3, -0.25) is 10.1 Å². The van der Waals surface area contributed by atoms with E-state index in [-0.39, 0.29) is 19.6 Å². The molecule has 0 bridgehead atoms. The molecule has 0 saturated carbocycles. The van der Waals surface area contributed by atoms with Crippen LogP contribution in [0.5, 0.6) is 0 Å². The van der Waals surface area contributed by atoms with Crippen molar-refractivity contribution in [2.45, 2.75) is 32.8 Å². The second-order valence-corrected chi connectivity index (χ2v) is 5.89. The zero-order chi connectivity index (χ0) is 19.0. The van der Waals surface area contributed by atoms with Crippen molar-refractivity contribution < 1.29 is 33.3 Å². The minimum atomic E-state index is -0.759. The van der Waals surface area contributed by atoms with Crippen LogP contribution in [0.15, 0.2) is 0 Å². The van der Waals surface area contributed by atoms with Crippen molar-refractivity contribution in [1.29, 1.82) is 0 Å². The second kappa shape index (κ2) is 14.7. The van der Waals surface area contributed by atoms with Gasteiger partial charge in [-0.25, -0.2) is 4.79 Å². The van der Waals surface area contributed by atoms with Crippen molar-refractivity contribution in [3.8, 4) is 12.3 Å². The summed E-state index contributed by atoms with van der Waals surface area (Å²) >= 11 is 0. The molecule has 2 amide bonds. The minimum absolute atomic E-state index is 0.0695. The van der Waals surface area contributed by atoms with Gasteiger partial charge < -0.3 is 23.7 Å². The molecule has 0 aliphatic rings. The van der Waals surface area contributed by atoms with Crippen LogP contribution in [0.2, 0.25) is 0 Å². The van der Waals surface area contributed by atoms with E-state index in [9.17, 15) is 9.59 Å². The third-order valence-electron chi connectivity index (χ3n) is 2.42. The molecule has 0 aromatic carbocycles. The lowest BCUT2D eigenvalue weighted by Gasteiger charge is -2.19. The first-order valence-corrected chi connectivity index (χ1v) is 8.12. The molecule has 0 heterocycles. The third-order valence-corrected chi connectivity index (χ3v) is 2.42. The molecule has 144 valence electrons. The van der Waals surface area contributed by atoms with Gasteiger partial charge in [0.25, 0.3) is 0 Å². The Hall–Kier alpha value is -1.66. The fourth-order valence-electron chi connectivity index (χ4n) is 1.44. The first kappa shape index (κ1) is 23.3. The van der Waals surface area contributed by atoms with Crippen LogP contribution in [-0.2, 0) is 28.5 Å². The highest BCUT2D eigenvalue weighted by Gasteiger charge is 2.17. The smallest absolute Gasteiger partial charge is 0.414 e. The van der Waals surface area contributed by atoms with Crippen LogP contribution in [-0.4, -0.2) is 70.5 Å². The number of terminal acetylenes is 1. The number of rotatable bonds is 13. The molecular formula is C17H29NO7. The van der Waals surface area contributed by atoms with Crippen LogP contribution < -0.4 is 5.32 Å². The molecule has 8 heteroatoms. The molecule has 0 saturated heterocycles. The van der Waals surface area contributed by atoms with Gasteiger partial charge in [0.15, 0.2) is 0 Å². The number of imide groups is 1. The maximum absolute atomic E-state index is 11.5. The third kappa shape index (κ3) is 18.5. The van der Waals surface area contributed by atoms with Crippen molar-refractivity contribution in [3.63, 3.8) is 0 Å². The predicted molar refractivity (Wildman–Crippen MR) is 91.1 cm³/mol. The lowest BCUT2D eigenvalue weighted by atomic mass is 10.2. The summed E-state index contributed by atoms with van der Waals surface area (Å²) in [4.78, 5) is 22.8. The van der Waals surface area contributed by atoms with Crippen molar-refractivity contribution in [2.24, 2.45) is 0 Å². The summed E-state index contributed by atoms with van der Waals surface area (Å²) in [6.07, 6.45) is 4.34. The number of carbonyl (C=O) groups is 2. The molecular weight excluding hydrogens is 330 g/mol. The van der Waals surface area contributed by atoms with E-state index in [2.05, 4.69) is 11.2 Å². The molecule has 8 nitrogen and oxygen atoms in total. The van der Waals surface area contributed by atoms with E-state index in [1.54, 1.807) is 20.8 Å². The molecule has 1 N–H and O–H groups in total. The van der Waals surface area contributed by atoms with E-state index < -0.39 is 17.6 Å². The summed E-state index contributed by atoms with van der Waals surface area (Å²) in [6, 6.07) is 0. The van der Waals surface area contributed by atoms with E-state index in [0.717, 1.165) is 0 Å². The Morgan fingerprint density at radius 2 is 1.36 bits per heavy atom. The van der Waals surface area contributed by atoms with Gasteiger partial charge in [0.2, 0.25) is 5.91 Å². The number of ether oxygens (including phenoxy) is 5. The van der Waals surface area contributed by atoms with E-state index in [4.69, 9.17) is 30.1 Å². The quantitative estimate of drug-likeness (QED) is 0.389. The number of nitrogens with one attached hydrogen (secondary N) is 1. The number of alkyl carbamates (subject to hydrolysis) is 1. The zero-order valence-corrected chi connectivity index (χ0v) is 15.3. The van der Waals surface area contributed by atoms with Crippen LogP contribution in [0.25, 0.3) is 0 Å².